The molecule has 0 unspecified atom stereocenters. The second-order valence-electron chi connectivity index (χ2n) is 6.35. The highest BCUT2D eigenvalue weighted by Gasteiger charge is 2.10. The molecule has 1 amide bonds. The predicted molar refractivity (Wildman–Crippen MR) is 106 cm³/mol. The van der Waals surface area contributed by atoms with E-state index < -0.39 is 0 Å². The summed E-state index contributed by atoms with van der Waals surface area (Å²) >= 11 is 0. The average molecular weight is 370 g/mol. The number of amides is 1. The molecule has 0 aliphatic heterocycles. The van der Waals surface area contributed by atoms with E-state index in [1.807, 2.05) is 25.2 Å². The second-order valence-corrected chi connectivity index (χ2v) is 6.35. The van der Waals surface area contributed by atoms with Crippen LogP contribution in [0.4, 0.5) is 5.69 Å². The van der Waals surface area contributed by atoms with Crippen molar-refractivity contribution in [3.05, 3.63) is 53.6 Å². The molecule has 0 aliphatic carbocycles. The first-order valence-electron chi connectivity index (χ1n) is 8.73. The van der Waals surface area contributed by atoms with E-state index in [1.54, 1.807) is 38.5 Å². The summed E-state index contributed by atoms with van der Waals surface area (Å²) in [7, 11) is 5.20. The molecule has 0 radical (unpaired) electrons. The fourth-order valence-corrected chi connectivity index (χ4v) is 2.66. The molecule has 0 bridgehead atoms. The number of hydrogen-bond donors (Lipinski definition) is 1. The number of nitrogens with one attached hydrogen (secondary N) is 1. The van der Waals surface area contributed by atoms with Crippen LogP contribution in [0.25, 0.3) is 0 Å². The maximum Gasteiger partial charge on any atom is 0.225 e. The van der Waals surface area contributed by atoms with Gasteiger partial charge in [-0.2, -0.15) is 0 Å². The number of Topliss-reactive ketones (excluding diaryl/α,β-unsaturated/α-hetero) is 1. The number of hydrogen-bond acceptors (Lipinski definition) is 5. The summed E-state index contributed by atoms with van der Waals surface area (Å²) in [5.41, 5.74) is 2.34. The highest BCUT2D eigenvalue weighted by Crippen LogP contribution is 2.25. The fourth-order valence-electron chi connectivity index (χ4n) is 2.66. The van der Waals surface area contributed by atoms with Crippen molar-refractivity contribution < 1.29 is 19.1 Å². The van der Waals surface area contributed by atoms with Gasteiger partial charge in [0.15, 0.2) is 5.78 Å². The van der Waals surface area contributed by atoms with E-state index in [1.165, 1.54) is 6.92 Å². The van der Waals surface area contributed by atoms with Crippen LogP contribution in [0.5, 0.6) is 11.5 Å². The fraction of sp³-hybridized carbons (Fsp3) is 0.333. The predicted octanol–water partition coefficient (Wildman–Crippen LogP) is 3.37. The van der Waals surface area contributed by atoms with Crippen LogP contribution in [-0.4, -0.2) is 44.4 Å². The van der Waals surface area contributed by atoms with Gasteiger partial charge in [-0.3, -0.25) is 9.59 Å². The van der Waals surface area contributed by atoms with Crippen molar-refractivity contribution in [1.82, 2.24) is 4.90 Å². The third kappa shape index (κ3) is 6.11. The number of carbonyl (C=O) groups is 2. The Labute approximate surface area is 160 Å². The van der Waals surface area contributed by atoms with Gasteiger partial charge in [0.2, 0.25) is 5.91 Å². The molecule has 0 aliphatic rings. The molecule has 27 heavy (non-hydrogen) atoms. The molecular formula is C21H26N2O4. The monoisotopic (exact) mass is 370 g/mol. The Morgan fingerprint density at radius 1 is 1.04 bits per heavy atom. The van der Waals surface area contributed by atoms with Crippen LogP contribution in [0, 0.1) is 0 Å². The Bertz CT molecular complexity index is 787. The van der Waals surface area contributed by atoms with Crippen LogP contribution in [0.3, 0.4) is 0 Å². The molecule has 0 aromatic heterocycles. The normalized spacial score (nSPS) is 10.6. The molecule has 1 N–H and O–H groups in total. The van der Waals surface area contributed by atoms with E-state index in [0.29, 0.717) is 30.8 Å². The van der Waals surface area contributed by atoms with Crippen LogP contribution >= 0.6 is 0 Å². The van der Waals surface area contributed by atoms with Crippen molar-refractivity contribution in [2.75, 3.05) is 33.1 Å². The third-order valence-corrected chi connectivity index (χ3v) is 4.23. The maximum absolute atomic E-state index is 12.1. The van der Waals surface area contributed by atoms with Crippen molar-refractivity contribution in [2.45, 2.75) is 19.9 Å². The van der Waals surface area contributed by atoms with Crippen LogP contribution in [0.1, 0.15) is 29.3 Å². The van der Waals surface area contributed by atoms with E-state index >= 15 is 0 Å². The lowest BCUT2D eigenvalue weighted by molar-refractivity contribution is -0.116. The second kappa shape index (κ2) is 9.73. The van der Waals surface area contributed by atoms with Gasteiger partial charge in [-0.1, -0.05) is 6.07 Å². The van der Waals surface area contributed by atoms with Crippen molar-refractivity contribution in [3.8, 4) is 11.5 Å². The molecule has 2 aromatic carbocycles. The van der Waals surface area contributed by atoms with Gasteiger partial charge in [0, 0.05) is 42.4 Å². The Morgan fingerprint density at radius 2 is 1.74 bits per heavy atom. The van der Waals surface area contributed by atoms with Gasteiger partial charge in [0.05, 0.1) is 14.2 Å². The number of anilines is 1. The van der Waals surface area contributed by atoms with Gasteiger partial charge in [-0.15, -0.1) is 0 Å². The SMILES string of the molecule is COc1ccc(CN(C)CCC(=O)Nc2ccc(C(C)=O)cc2)c(OC)c1. The lowest BCUT2D eigenvalue weighted by Gasteiger charge is -2.18. The first kappa shape index (κ1) is 20.5. The summed E-state index contributed by atoms with van der Waals surface area (Å²) in [6, 6.07) is 12.6. The zero-order chi connectivity index (χ0) is 19.8. The van der Waals surface area contributed by atoms with Gasteiger partial charge in [0.1, 0.15) is 11.5 Å². The molecule has 2 rings (SSSR count). The van der Waals surface area contributed by atoms with E-state index in [4.69, 9.17) is 9.47 Å². The number of carbonyl (C=O) groups excluding carboxylic acids is 2. The highest BCUT2D eigenvalue weighted by atomic mass is 16.5. The van der Waals surface area contributed by atoms with Crippen LogP contribution in [0.2, 0.25) is 0 Å². The zero-order valence-electron chi connectivity index (χ0n) is 16.2. The number of rotatable bonds is 9. The Kier molecular flexibility index (Phi) is 7.37. The van der Waals surface area contributed by atoms with Gasteiger partial charge in [0.25, 0.3) is 0 Å². The van der Waals surface area contributed by atoms with E-state index in [2.05, 4.69) is 10.2 Å². The molecular weight excluding hydrogens is 344 g/mol. The summed E-state index contributed by atoms with van der Waals surface area (Å²) in [6.45, 7) is 2.78. The summed E-state index contributed by atoms with van der Waals surface area (Å²) in [5.74, 6) is 1.44. The average Bonchev–Trinajstić information content (AvgIpc) is 2.67. The quantitative estimate of drug-likeness (QED) is 0.686. The van der Waals surface area contributed by atoms with Crippen LogP contribution < -0.4 is 14.8 Å². The standard InChI is InChI=1S/C21H26N2O4/c1-15(24)16-5-8-18(9-6-16)22-21(25)11-12-23(2)14-17-7-10-19(26-3)13-20(17)27-4/h5-10,13H,11-12,14H2,1-4H3,(H,22,25). The molecule has 0 saturated heterocycles. The smallest absolute Gasteiger partial charge is 0.225 e. The van der Waals surface area contributed by atoms with Crippen molar-refractivity contribution in [1.29, 1.82) is 0 Å². The minimum Gasteiger partial charge on any atom is -0.497 e. The van der Waals surface area contributed by atoms with E-state index in [0.717, 1.165) is 17.1 Å². The van der Waals surface area contributed by atoms with E-state index in [9.17, 15) is 9.59 Å². The molecule has 144 valence electrons. The number of methoxy groups -OCH3 is 2. The van der Waals surface area contributed by atoms with Gasteiger partial charge >= 0.3 is 0 Å². The minimum absolute atomic E-state index is 0.00320. The molecule has 6 nitrogen and oxygen atoms in total. The highest BCUT2D eigenvalue weighted by molar-refractivity contribution is 5.95. The van der Waals surface area contributed by atoms with Gasteiger partial charge < -0.3 is 19.7 Å². The van der Waals surface area contributed by atoms with Crippen molar-refractivity contribution in [2.24, 2.45) is 0 Å². The summed E-state index contributed by atoms with van der Waals surface area (Å²) < 4.78 is 10.6. The minimum atomic E-state index is -0.0703. The lowest BCUT2D eigenvalue weighted by Crippen LogP contribution is -2.24. The molecule has 0 fully saturated rings. The summed E-state index contributed by atoms with van der Waals surface area (Å²) in [5, 5.41) is 2.85. The molecule has 0 saturated carbocycles. The van der Waals surface area contributed by atoms with Gasteiger partial charge in [-0.25, -0.2) is 0 Å². The number of ketones is 1. The number of nitrogens with zero attached hydrogens (tertiary/aromatic N) is 1. The van der Waals surface area contributed by atoms with Crippen LogP contribution in [0.15, 0.2) is 42.5 Å². The summed E-state index contributed by atoms with van der Waals surface area (Å²) in [6.07, 6.45) is 0.365. The molecule has 2 aromatic rings. The molecule has 6 heteroatoms. The third-order valence-electron chi connectivity index (χ3n) is 4.23. The Hall–Kier alpha value is -2.86. The van der Waals surface area contributed by atoms with Crippen molar-refractivity contribution >= 4 is 17.4 Å². The van der Waals surface area contributed by atoms with Crippen molar-refractivity contribution in [3.63, 3.8) is 0 Å². The van der Waals surface area contributed by atoms with Crippen LogP contribution in [-0.2, 0) is 11.3 Å². The number of ether oxygens (including phenoxy) is 2. The van der Waals surface area contributed by atoms with E-state index in [-0.39, 0.29) is 11.7 Å². The first-order valence-corrected chi connectivity index (χ1v) is 8.73. The molecule has 0 heterocycles. The molecule has 0 spiro atoms. The first-order chi connectivity index (χ1) is 12.9. The zero-order valence-corrected chi connectivity index (χ0v) is 16.2. The van der Waals surface area contributed by atoms with Gasteiger partial charge in [-0.05, 0) is 44.3 Å². The topological polar surface area (TPSA) is 67.9 Å². The maximum atomic E-state index is 12.1. The molecule has 0 atom stereocenters. The lowest BCUT2D eigenvalue weighted by atomic mass is 10.1. The largest absolute Gasteiger partial charge is 0.497 e. The summed E-state index contributed by atoms with van der Waals surface area (Å²) in [4.78, 5) is 25.5. The Morgan fingerprint density at radius 3 is 2.33 bits per heavy atom. The Balaban J connectivity index is 1.85. The number of benzene rings is 2.